The normalized spacial score (nSPS) is 16.7. The molecule has 1 atom stereocenters. The minimum absolute atomic E-state index is 0.250. The molecule has 0 bridgehead atoms. The van der Waals surface area contributed by atoms with Crippen LogP contribution < -0.4 is 5.32 Å². The number of nitrogens with zero attached hydrogens (tertiary/aromatic N) is 3. The highest BCUT2D eigenvalue weighted by atomic mass is 32.2. The van der Waals surface area contributed by atoms with Crippen LogP contribution in [0, 0.1) is 5.82 Å². The van der Waals surface area contributed by atoms with E-state index in [0.29, 0.717) is 35.1 Å². The molecule has 3 aromatic rings. The molecule has 8 heteroatoms. The molecule has 4 rings (SSSR count). The average molecular weight is 425 g/mol. The van der Waals surface area contributed by atoms with Gasteiger partial charge in [-0.3, -0.25) is 4.90 Å². The number of aromatic nitrogens is 2. The number of hydrogen-bond donors (Lipinski definition) is 1. The number of carbonyl (C=O) groups is 1. The zero-order valence-corrected chi connectivity index (χ0v) is 17.7. The van der Waals surface area contributed by atoms with E-state index in [4.69, 9.17) is 4.52 Å². The molecule has 30 heavy (non-hydrogen) atoms. The Bertz CT molecular complexity index is 1110. The van der Waals surface area contributed by atoms with Gasteiger partial charge in [0.1, 0.15) is 5.82 Å². The second-order valence-corrected chi connectivity index (χ2v) is 7.71. The maximum Gasteiger partial charge on any atom is 0.322 e. The number of carbonyl (C=O) groups excluding carboxylic acids is 1. The van der Waals surface area contributed by atoms with E-state index in [1.807, 2.05) is 44.4 Å². The summed E-state index contributed by atoms with van der Waals surface area (Å²) in [4.78, 5) is 19.9. The van der Waals surface area contributed by atoms with Crippen molar-refractivity contribution < 1.29 is 13.7 Å². The van der Waals surface area contributed by atoms with Crippen LogP contribution in [0.3, 0.4) is 0 Å². The van der Waals surface area contributed by atoms with Crippen molar-refractivity contribution >= 4 is 23.4 Å². The van der Waals surface area contributed by atoms with E-state index in [-0.39, 0.29) is 11.8 Å². The van der Waals surface area contributed by atoms with Crippen LogP contribution in [0.2, 0.25) is 0 Å². The van der Waals surface area contributed by atoms with Gasteiger partial charge >= 0.3 is 6.03 Å². The lowest BCUT2D eigenvalue weighted by Crippen LogP contribution is -2.45. The number of amides is 2. The van der Waals surface area contributed by atoms with Crippen LogP contribution in [0.4, 0.5) is 9.18 Å². The first-order chi connectivity index (χ1) is 14.5. The lowest BCUT2D eigenvalue weighted by molar-refractivity contribution is 0.207. The number of rotatable bonds is 5. The lowest BCUT2D eigenvalue weighted by Gasteiger charge is -2.34. The van der Waals surface area contributed by atoms with Crippen LogP contribution in [-0.2, 0) is 0 Å². The molecule has 0 saturated carbocycles. The smallest absolute Gasteiger partial charge is 0.322 e. The number of benzene rings is 2. The van der Waals surface area contributed by atoms with Crippen LogP contribution >= 0.6 is 11.8 Å². The molecule has 1 aliphatic heterocycles. The highest BCUT2D eigenvalue weighted by Gasteiger charge is 2.35. The Morgan fingerprint density at radius 2 is 2.00 bits per heavy atom. The van der Waals surface area contributed by atoms with Crippen molar-refractivity contribution in [1.29, 1.82) is 0 Å². The van der Waals surface area contributed by atoms with E-state index in [9.17, 15) is 9.18 Å². The molecule has 0 radical (unpaired) electrons. The first-order valence-electron chi connectivity index (χ1n) is 9.54. The van der Waals surface area contributed by atoms with Gasteiger partial charge in [-0.15, -0.1) is 11.8 Å². The molecule has 2 amide bonds. The quantitative estimate of drug-likeness (QED) is 0.576. The van der Waals surface area contributed by atoms with Crippen molar-refractivity contribution in [2.24, 2.45) is 0 Å². The molecule has 1 N–H and O–H groups in total. The number of halogens is 1. The van der Waals surface area contributed by atoms with E-state index in [1.165, 1.54) is 12.1 Å². The van der Waals surface area contributed by atoms with Gasteiger partial charge in [0.2, 0.25) is 5.82 Å². The van der Waals surface area contributed by atoms with Crippen LogP contribution in [0.5, 0.6) is 0 Å². The summed E-state index contributed by atoms with van der Waals surface area (Å²) in [6.07, 6.45) is 2.01. The fraction of sp³-hybridized carbons (Fsp3) is 0.227. The zero-order chi connectivity index (χ0) is 21.3. The van der Waals surface area contributed by atoms with Gasteiger partial charge in [-0.1, -0.05) is 17.3 Å². The summed E-state index contributed by atoms with van der Waals surface area (Å²) < 4.78 is 19.5. The van der Waals surface area contributed by atoms with Crippen molar-refractivity contribution in [2.75, 3.05) is 12.8 Å². The summed E-state index contributed by atoms with van der Waals surface area (Å²) in [5.41, 5.74) is 2.79. The molecular formula is C22H21FN4O2S. The average Bonchev–Trinajstić information content (AvgIpc) is 3.23. The molecule has 1 aromatic heterocycles. The molecule has 1 aliphatic rings. The molecular weight excluding hydrogens is 403 g/mol. The van der Waals surface area contributed by atoms with Crippen molar-refractivity contribution in [3.05, 3.63) is 71.5 Å². The SMILES string of the molecule is CCN1C(=O)NC(c2cccc(F)c2)C(c2nc(-c3ccc(SC)cc3)no2)=C1C. The van der Waals surface area contributed by atoms with Gasteiger partial charge in [0.05, 0.1) is 11.6 Å². The Kier molecular flexibility index (Phi) is 5.59. The number of nitrogens with one attached hydrogen (secondary N) is 1. The lowest BCUT2D eigenvalue weighted by atomic mass is 9.94. The topological polar surface area (TPSA) is 71.3 Å². The summed E-state index contributed by atoms with van der Waals surface area (Å²) in [7, 11) is 0. The third kappa shape index (κ3) is 3.70. The van der Waals surface area contributed by atoms with Gasteiger partial charge in [-0.25, -0.2) is 9.18 Å². The predicted octanol–water partition coefficient (Wildman–Crippen LogP) is 5.12. The highest BCUT2D eigenvalue weighted by molar-refractivity contribution is 7.98. The fourth-order valence-electron chi connectivity index (χ4n) is 3.57. The van der Waals surface area contributed by atoms with Crippen molar-refractivity contribution in [2.45, 2.75) is 24.8 Å². The second-order valence-electron chi connectivity index (χ2n) is 6.83. The van der Waals surface area contributed by atoms with E-state index in [0.717, 1.165) is 10.5 Å². The van der Waals surface area contributed by atoms with Gasteiger partial charge < -0.3 is 9.84 Å². The molecule has 1 unspecified atom stereocenters. The zero-order valence-electron chi connectivity index (χ0n) is 16.8. The highest BCUT2D eigenvalue weighted by Crippen LogP contribution is 2.37. The first-order valence-corrected chi connectivity index (χ1v) is 10.8. The summed E-state index contributed by atoms with van der Waals surface area (Å²) in [5, 5.41) is 7.07. The molecule has 2 heterocycles. The number of thioether (sulfide) groups is 1. The summed E-state index contributed by atoms with van der Waals surface area (Å²) in [6, 6.07) is 13.2. The van der Waals surface area contributed by atoms with Gasteiger partial charge in [-0.05, 0) is 62.1 Å². The Hall–Kier alpha value is -3.13. The second kappa shape index (κ2) is 8.31. The number of urea groups is 1. The summed E-state index contributed by atoms with van der Waals surface area (Å²) >= 11 is 1.65. The first kappa shape index (κ1) is 20.2. The van der Waals surface area contributed by atoms with Crippen LogP contribution in [-0.4, -0.2) is 33.9 Å². The van der Waals surface area contributed by atoms with Crippen LogP contribution in [0.25, 0.3) is 17.0 Å². The summed E-state index contributed by atoms with van der Waals surface area (Å²) in [6.45, 7) is 4.20. The maximum atomic E-state index is 13.9. The van der Waals surface area contributed by atoms with E-state index >= 15 is 0 Å². The largest absolute Gasteiger partial charge is 0.334 e. The molecule has 2 aromatic carbocycles. The Balaban J connectivity index is 1.79. The van der Waals surface area contributed by atoms with Gasteiger partial charge in [0.25, 0.3) is 5.89 Å². The third-order valence-corrected chi connectivity index (χ3v) is 5.84. The van der Waals surface area contributed by atoms with Crippen LogP contribution in [0.1, 0.15) is 31.3 Å². The van der Waals surface area contributed by atoms with Crippen molar-refractivity contribution in [3.63, 3.8) is 0 Å². The number of hydrogen-bond acceptors (Lipinski definition) is 5. The molecule has 0 saturated heterocycles. The van der Waals surface area contributed by atoms with Gasteiger partial charge in [-0.2, -0.15) is 4.98 Å². The molecule has 6 nitrogen and oxygen atoms in total. The third-order valence-electron chi connectivity index (χ3n) is 5.10. The number of allylic oxidation sites excluding steroid dienone is 1. The van der Waals surface area contributed by atoms with Crippen molar-refractivity contribution in [3.8, 4) is 11.4 Å². The van der Waals surface area contributed by atoms with E-state index < -0.39 is 6.04 Å². The standard InChI is InChI=1S/C22H21FN4O2S/c1-4-27-13(2)18(19(24-22(27)28)15-6-5-7-16(23)12-15)21-25-20(26-29-21)14-8-10-17(30-3)11-9-14/h5-12,19H,4H2,1-3H3,(H,24,28). The van der Waals surface area contributed by atoms with Gasteiger partial charge in [0.15, 0.2) is 0 Å². The minimum Gasteiger partial charge on any atom is -0.334 e. The molecule has 0 spiro atoms. The summed E-state index contributed by atoms with van der Waals surface area (Å²) in [5.74, 6) is 0.372. The van der Waals surface area contributed by atoms with E-state index in [2.05, 4.69) is 15.5 Å². The predicted molar refractivity (Wildman–Crippen MR) is 114 cm³/mol. The fourth-order valence-corrected chi connectivity index (χ4v) is 3.97. The van der Waals surface area contributed by atoms with Crippen LogP contribution in [0.15, 0.2) is 63.6 Å². The molecule has 0 aliphatic carbocycles. The Labute approximate surface area is 178 Å². The monoisotopic (exact) mass is 424 g/mol. The molecule has 154 valence electrons. The maximum absolute atomic E-state index is 13.9. The van der Waals surface area contributed by atoms with Gasteiger partial charge in [0, 0.05) is 22.7 Å². The molecule has 0 fully saturated rings. The minimum atomic E-state index is -0.594. The van der Waals surface area contributed by atoms with E-state index in [1.54, 1.807) is 28.8 Å². The Morgan fingerprint density at radius 3 is 2.67 bits per heavy atom. The van der Waals surface area contributed by atoms with Crippen molar-refractivity contribution in [1.82, 2.24) is 20.4 Å². The Morgan fingerprint density at radius 1 is 1.23 bits per heavy atom.